The molecule has 3 N–H and O–H groups in total. The average molecular weight is 483 g/mol. The third-order valence-electron chi connectivity index (χ3n) is 4.59. The molecule has 9 heteroatoms. The number of primary amides is 1. The van der Waals surface area contributed by atoms with Gasteiger partial charge in [0.2, 0.25) is 5.91 Å². The molecule has 1 aromatic carbocycles. The number of benzene rings is 1. The molecule has 1 amide bonds. The van der Waals surface area contributed by atoms with Gasteiger partial charge in [0.25, 0.3) is 0 Å². The first-order valence-electron chi connectivity index (χ1n) is 8.83. The molecule has 3 rings (SSSR count). The van der Waals surface area contributed by atoms with Crippen LogP contribution in [-0.4, -0.2) is 51.7 Å². The van der Waals surface area contributed by atoms with E-state index in [1.165, 1.54) is 6.33 Å². The zero-order valence-electron chi connectivity index (χ0n) is 15.4. The van der Waals surface area contributed by atoms with Gasteiger partial charge in [-0.15, -0.1) is 24.0 Å². The number of aromatic nitrogens is 3. The topological polar surface area (TPSA) is 101 Å². The summed E-state index contributed by atoms with van der Waals surface area (Å²) in [6.45, 7) is 2.44. The number of amides is 1. The first kappa shape index (κ1) is 21.1. The van der Waals surface area contributed by atoms with Crippen LogP contribution >= 0.6 is 24.0 Å². The standard InChI is InChI=1S/C18H25N7O.HI/c1-20-18(24-8-2-3-15(11-24)9-17(19)26)22-10-14-4-6-16(7-5-14)25-13-21-12-23-25;/h4-7,12-13,15H,2-3,8-11H2,1H3,(H2,19,26)(H,20,22);1H. The summed E-state index contributed by atoms with van der Waals surface area (Å²) in [6, 6.07) is 8.14. The lowest BCUT2D eigenvalue weighted by Crippen LogP contribution is -2.46. The highest BCUT2D eigenvalue weighted by Crippen LogP contribution is 2.19. The van der Waals surface area contributed by atoms with Gasteiger partial charge in [0.05, 0.1) is 5.69 Å². The molecule has 8 nitrogen and oxygen atoms in total. The van der Waals surface area contributed by atoms with E-state index >= 15 is 0 Å². The Bertz CT molecular complexity index is 746. The van der Waals surface area contributed by atoms with E-state index in [1.54, 1.807) is 18.1 Å². The lowest BCUT2D eigenvalue weighted by Gasteiger charge is -2.34. The van der Waals surface area contributed by atoms with Crippen molar-refractivity contribution in [3.8, 4) is 5.69 Å². The van der Waals surface area contributed by atoms with Crippen molar-refractivity contribution in [1.82, 2.24) is 25.0 Å². The molecular weight excluding hydrogens is 457 g/mol. The molecule has 1 unspecified atom stereocenters. The van der Waals surface area contributed by atoms with E-state index in [0.717, 1.165) is 43.1 Å². The van der Waals surface area contributed by atoms with Crippen molar-refractivity contribution in [2.24, 2.45) is 16.6 Å². The molecule has 2 aromatic rings. The number of likely N-dealkylation sites (tertiary alicyclic amines) is 1. The van der Waals surface area contributed by atoms with Crippen LogP contribution in [0.4, 0.5) is 0 Å². The minimum atomic E-state index is -0.229. The fraction of sp³-hybridized carbons (Fsp3) is 0.444. The van der Waals surface area contributed by atoms with Gasteiger partial charge in [-0.1, -0.05) is 12.1 Å². The molecule has 1 aromatic heterocycles. The normalized spacial score (nSPS) is 17.3. The summed E-state index contributed by atoms with van der Waals surface area (Å²) >= 11 is 0. The van der Waals surface area contributed by atoms with Crippen molar-refractivity contribution in [3.63, 3.8) is 0 Å². The van der Waals surface area contributed by atoms with E-state index in [1.807, 2.05) is 12.1 Å². The minimum absolute atomic E-state index is 0. The Balaban J connectivity index is 0.00000261. The third-order valence-corrected chi connectivity index (χ3v) is 4.59. The number of nitrogens with zero attached hydrogens (tertiary/aromatic N) is 5. The number of piperidine rings is 1. The number of carbonyl (C=O) groups excluding carboxylic acids is 1. The highest BCUT2D eigenvalue weighted by Gasteiger charge is 2.23. The van der Waals surface area contributed by atoms with Crippen molar-refractivity contribution in [3.05, 3.63) is 42.5 Å². The smallest absolute Gasteiger partial charge is 0.217 e. The SMILES string of the molecule is CN=C(NCc1ccc(-n2cncn2)cc1)N1CCCC(CC(N)=O)C1.I. The van der Waals surface area contributed by atoms with Crippen molar-refractivity contribution in [2.75, 3.05) is 20.1 Å². The Labute approximate surface area is 176 Å². The first-order chi connectivity index (χ1) is 12.7. The van der Waals surface area contributed by atoms with E-state index < -0.39 is 0 Å². The largest absolute Gasteiger partial charge is 0.370 e. The summed E-state index contributed by atoms with van der Waals surface area (Å²) in [7, 11) is 1.79. The Morgan fingerprint density at radius 3 is 2.78 bits per heavy atom. The maximum absolute atomic E-state index is 11.2. The molecule has 2 heterocycles. The number of carbonyl (C=O) groups is 1. The van der Waals surface area contributed by atoms with Crippen LogP contribution in [0.2, 0.25) is 0 Å². The average Bonchev–Trinajstić information content (AvgIpc) is 3.17. The summed E-state index contributed by atoms with van der Waals surface area (Å²) in [5, 5.41) is 7.53. The predicted molar refractivity (Wildman–Crippen MR) is 115 cm³/mol. The molecule has 0 aliphatic carbocycles. The highest BCUT2D eigenvalue weighted by molar-refractivity contribution is 14.0. The Kier molecular flexibility index (Phi) is 8.01. The molecule has 1 saturated heterocycles. The second-order valence-corrected chi connectivity index (χ2v) is 6.53. The zero-order valence-corrected chi connectivity index (χ0v) is 17.7. The predicted octanol–water partition coefficient (Wildman–Crippen LogP) is 1.55. The molecule has 146 valence electrons. The highest BCUT2D eigenvalue weighted by atomic mass is 127. The molecule has 1 aliphatic heterocycles. The number of hydrogen-bond donors (Lipinski definition) is 2. The fourth-order valence-corrected chi connectivity index (χ4v) is 3.33. The lowest BCUT2D eigenvalue weighted by molar-refractivity contribution is -0.119. The van der Waals surface area contributed by atoms with Crippen LogP contribution in [0, 0.1) is 5.92 Å². The minimum Gasteiger partial charge on any atom is -0.370 e. The number of rotatable bonds is 5. The van der Waals surface area contributed by atoms with Gasteiger partial charge in [-0.25, -0.2) is 9.67 Å². The van der Waals surface area contributed by atoms with Crippen molar-refractivity contribution in [2.45, 2.75) is 25.8 Å². The van der Waals surface area contributed by atoms with Crippen LogP contribution in [0.25, 0.3) is 5.69 Å². The van der Waals surface area contributed by atoms with Crippen LogP contribution in [0.15, 0.2) is 41.9 Å². The van der Waals surface area contributed by atoms with E-state index in [4.69, 9.17) is 5.73 Å². The molecular formula is C18H26IN7O. The Morgan fingerprint density at radius 2 is 2.15 bits per heavy atom. The molecule has 1 aliphatic rings. The third kappa shape index (κ3) is 5.91. The summed E-state index contributed by atoms with van der Waals surface area (Å²) in [5.74, 6) is 0.938. The Hall–Kier alpha value is -2.17. The summed E-state index contributed by atoms with van der Waals surface area (Å²) in [5.41, 5.74) is 7.47. The van der Waals surface area contributed by atoms with Crippen LogP contribution in [0.5, 0.6) is 0 Å². The van der Waals surface area contributed by atoms with Gasteiger partial charge in [-0.2, -0.15) is 5.10 Å². The molecule has 0 spiro atoms. The molecule has 1 atom stereocenters. The number of nitrogens with one attached hydrogen (secondary N) is 1. The quantitative estimate of drug-likeness (QED) is 0.382. The van der Waals surface area contributed by atoms with Crippen molar-refractivity contribution < 1.29 is 4.79 Å². The molecule has 27 heavy (non-hydrogen) atoms. The molecule has 1 fully saturated rings. The van der Waals surface area contributed by atoms with Gasteiger partial charge in [0.15, 0.2) is 5.96 Å². The summed E-state index contributed by atoms with van der Waals surface area (Å²) in [4.78, 5) is 21.7. The second-order valence-electron chi connectivity index (χ2n) is 6.53. The number of nitrogens with two attached hydrogens (primary N) is 1. The molecule has 0 saturated carbocycles. The molecule has 0 radical (unpaired) electrons. The van der Waals surface area contributed by atoms with Gasteiger partial charge in [-0.3, -0.25) is 9.79 Å². The van der Waals surface area contributed by atoms with Crippen LogP contribution in [0.1, 0.15) is 24.8 Å². The first-order valence-corrected chi connectivity index (χ1v) is 8.83. The maximum Gasteiger partial charge on any atom is 0.217 e. The van der Waals surface area contributed by atoms with Crippen molar-refractivity contribution >= 4 is 35.8 Å². The van der Waals surface area contributed by atoms with Gasteiger partial charge >= 0.3 is 0 Å². The van der Waals surface area contributed by atoms with Crippen LogP contribution < -0.4 is 11.1 Å². The number of halogens is 1. The van der Waals surface area contributed by atoms with Crippen LogP contribution in [-0.2, 0) is 11.3 Å². The van der Waals surface area contributed by atoms with E-state index in [9.17, 15) is 4.79 Å². The van der Waals surface area contributed by atoms with Gasteiger partial charge < -0.3 is 16.0 Å². The van der Waals surface area contributed by atoms with E-state index in [-0.39, 0.29) is 29.9 Å². The fourth-order valence-electron chi connectivity index (χ4n) is 3.33. The van der Waals surface area contributed by atoms with Gasteiger partial charge in [-0.05, 0) is 36.5 Å². The van der Waals surface area contributed by atoms with Crippen LogP contribution in [0.3, 0.4) is 0 Å². The number of aliphatic imine (C=N–C) groups is 1. The van der Waals surface area contributed by atoms with E-state index in [2.05, 4.69) is 37.4 Å². The number of hydrogen-bond acceptors (Lipinski definition) is 4. The lowest BCUT2D eigenvalue weighted by atomic mass is 9.95. The molecule has 0 bridgehead atoms. The monoisotopic (exact) mass is 483 g/mol. The van der Waals surface area contributed by atoms with Crippen molar-refractivity contribution in [1.29, 1.82) is 0 Å². The van der Waals surface area contributed by atoms with Gasteiger partial charge in [0, 0.05) is 33.1 Å². The Morgan fingerprint density at radius 1 is 1.37 bits per heavy atom. The number of guanidine groups is 1. The maximum atomic E-state index is 11.2. The summed E-state index contributed by atoms with van der Waals surface area (Å²) < 4.78 is 1.72. The summed E-state index contributed by atoms with van der Waals surface area (Å²) in [6.07, 6.45) is 5.72. The van der Waals surface area contributed by atoms with Gasteiger partial charge in [0.1, 0.15) is 12.7 Å². The zero-order chi connectivity index (χ0) is 18.4. The second kappa shape index (κ2) is 10.2. The van der Waals surface area contributed by atoms with E-state index in [0.29, 0.717) is 18.9 Å².